The first-order valence-electron chi connectivity index (χ1n) is 6.41. The van der Waals surface area contributed by atoms with Gasteiger partial charge in [-0.3, -0.25) is 9.88 Å². The average molecular weight is 296 g/mol. The first-order chi connectivity index (χ1) is 8.34. The molecule has 4 heteroatoms. The van der Waals surface area contributed by atoms with Crippen molar-refractivity contribution in [2.24, 2.45) is 5.92 Å². The van der Waals surface area contributed by atoms with Crippen LogP contribution in [0.15, 0.2) is 22.8 Å². The van der Waals surface area contributed by atoms with Crippen molar-refractivity contribution in [1.29, 1.82) is 0 Å². The molecule has 0 bridgehead atoms. The zero-order valence-electron chi connectivity index (χ0n) is 9.90. The Morgan fingerprint density at radius 1 is 1.29 bits per heavy atom. The lowest BCUT2D eigenvalue weighted by Gasteiger charge is -2.34. The smallest absolute Gasteiger partial charge is 0.0579 e. The SMILES string of the molecule is Brc1ccc([C@H](C2CC2)N2CCNCC2)nc1. The van der Waals surface area contributed by atoms with Crippen LogP contribution in [0.3, 0.4) is 0 Å². The number of aromatic nitrogens is 1. The zero-order valence-corrected chi connectivity index (χ0v) is 11.5. The van der Waals surface area contributed by atoms with Gasteiger partial charge < -0.3 is 5.32 Å². The van der Waals surface area contributed by atoms with Crippen LogP contribution in [0.25, 0.3) is 0 Å². The highest BCUT2D eigenvalue weighted by Gasteiger charge is 2.37. The Labute approximate surface area is 111 Å². The molecule has 0 amide bonds. The van der Waals surface area contributed by atoms with Crippen LogP contribution in [-0.2, 0) is 0 Å². The number of piperazine rings is 1. The summed E-state index contributed by atoms with van der Waals surface area (Å²) in [6.07, 6.45) is 4.66. The van der Waals surface area contributed by atoms with Crippen molar-refractivity contribution in [3.8, 4) is 0 Å². The molecule has 1 saturated heterocycles. The van der Waals surface area contributed by atoms with Crippen molar-refractivity contribution in [2.75, 3.05) is 26.2 Å². The number of hydrogen-bond acceptors (Lipinski definition) is 3. The highest BCUT2D eigenvalue weighted by molar-refractivity contribution is 9.10. The van der Waals surface area contributed by atoms with Gasteiger partial charge in [-0.1, -0.05) is 0 Å². The molecule has 1 atom stereocenters. The van der Waals surface area contributed by atoms with E-state index in [4.69, 9.17) is 0 Å². The molecule has 1 aromatic rings. The molecule has 1 aliphatic carbocycles. The Hall–Kier alpha value is -0.450. The van der Waals surface area contributed by atoms with Crippen LogP contribution >= 0.6 is 15.9 Å². The Morgan fingerprint density at radius 2 is 2.06 bits per heavy atom. The Balaban J connectivity index is 1.81. The lowest BCUT2D eigenvalue weighted by molar-refractivity contribution is 0.153. The first kappa shape index (κ1) is 11.6. The molecule has 17 heavy (non-hydrogen) atoms. The molecule has 0 spiro atoms. The van der Waals surface area contributed by atoms with Crippen LogP contribution in [0.1, 0.15) is 24.6 Å². The van der Waals surface area contributed by atoms with Crippen molar-refractivity contribution >= 4 is 15.9 Å². The summed E-state index contributed by atoms with van der Waals surface area (Å²) < 4.78 is 1.07. The van der Waals surface area contributed by atoms with E-state index in [2.05, 4.69) is 43.3 Å². The van der Waals surface area contributed by atoms with Crippen molar-refractivity contribution in [3.63, 3.8) is 0 Å². The van der Waals surface area contributed by atoms with Crippen molar-refractivity contribution in [2.45, 2.75) is 18.9 Å². The van der Waals surface area contributed by atoms with E-state index in [-0.39, 0.29) is 0 Å². The Bertz CT molecular complexity index is 369. The Kier molecular flexibility index (Phi) is 3.45. The van der Waals surface area contributed by atoms with E-state index in [1.807, 2.05) is 6.20 Å². The van der Waals surface area contributed by atoms with Gasteiger partial charge in [0, 0.05) is 36.8 Å². The zero-order chi connectivity index (χ0) is 11.7. The fourth-order valence-corrected chi connectivity index (χ4v) is 2.90. The van der Waals surface area contributed by atoms with Gasteiger partial charge in [0.25, 0.3) is 0 Å². The molecule has 2 heterocycles. The molecule has 2 aliphatic rings. The molecule has 0 unspecified atom stereocenters. The maximum atomic E-state index is 4.61. The summed E-state index contributed by atoms with van der Waals surface area (Å²) in [4.78, 5) is 7.21. The molecule has 2 fully saturated rings. The lowest BCUT2D eigenvalue weighted by atomic mass is 10.1. The summed E-state index contributed by atoms with van der Waals surface area (Å²) >= 11 is 3.46. The van der Waals surface area contributed by atoms with E-state index in [0.29, 0.717) is 6.04 Å². The van der Waals surface area contributed by atoms with Crippen LogP contribution in [0.4, 0.5) is 0 Å². The second kappa shape index (κ2) is 5.04. The topological polar surface area (TPSA) is 28.2 Å². The fourth-order valence-electron chi connectivity index (χ4n) is 2.66. The largest absolute Gasteiger partial charge is 0.314 e. The molecule has 0 aromatic carbocycles. The van der Waals surface area contributed by atoms with Crippen LogP contribution < -0.4 is 5.32 Å². The predicted octanol–water partition coefficient (Wildman–Crippen LogP) is 2.20. The third-order valence-corrected chi connectivity index (χ3v) is 4.14. The fraction of sp³-hybridized carbons (Fsp3) is 0.615. The number of halogens is 1. The number of nitrogens with one attached hydrogen (secondary N) is 1. The van der Waals surface area contributed by atoms with E-state index < -0.39 is 0 Å². The van der Waals surface area contributed by atoms with Crippen molar-refractivity contribution in [1.82, 2.24) is 15.2 Å². The van der Waals surface area contributed by atoms with E-state index in [0.717, 1.165) is 36.6 Å². The lowest BCUT2D eigenvalue weighted by Crippen LogP contribution is -2.45. The summed E-state index contributed by atoms with van der Waals surface area (Å²) in [6, 6.07) is 4.83. The molecule has 1 saturated carbocycles. The summed E-state index contributed by atoms with van der Waals surface area (Å²) in [5.41, 5.74) is 1.25. The maximum absolute atomic E-state index is 4.61. The van der Waals surface area contributed by atoms with Gasteiger partial charge in [-0.25, -0.2) is 0 Å². The minimum absolute atomic E-state index is 0.546. The van der Waals surface area contributed by atoms with E-state index in [1.54, 1.807) is 0 Å². The molecule has 1 aliphatic heterocycles. The maximum Gasteiger partial charge on any atom is 0.0579 e. The molecule has 0 radical (unpaired) electrons. The van der Waals surface area contributed by atoms with E-state index in [9.17, 15) is 0 Å². The monoisotopic (exact) mass is 295 g/mol. The summed E-state index contributed by atoms with van der Waals surface area (Å²) in [5.74, 6) is 0.835. The molecule has 1 N–H and O–H groups in total. The van der Waals surface area contributed by atoms with Crippen molar-refractivity contribution < 1.29 is 0 Å². The third kappa shape index (κ3) is 2.69. The van der Waals surface area contributed by atoms with Crippen molar-refractivity contribution in [3.05, 3.63) is 28.5 Å². The quantitative estimate of drug-likeness (QED) is 0.927. The molecule has 1 aromatic heterocycles. The molecular formula is C13H18BrN3. The number of rotatable bonds is 3. The average Bonchev–Trinajstić information content (AvgIpc) is 3.18. The summed E-state index contributed by atoms with van der Waals surface area (Å²) in [5, 5.41) is 3.42. The van der Waals surface area contributed by atoms with E-state index in [1.165, 1.54) is 18.5 Å². The van der Waals surface area contributed by atoms with Crippen LogP contribution in [0.2, 0.25) is 0 Å². The van der Waals surface area contributed by atoms with Crippen LogP contribution in [-0.4, -0.2) is 36.1 Å². The minimum atomic E-state index is 0.546. The van der Waals surface area contributed by atoms with Gasteiger partial charge >= 0.3 is 0 Å². The highest BCUT2D eigenvalue weighted by atomic mass is 79.9. The standard InChI is InChI=1S/C13H18BrN3/c14-11-3-4-12(16-9-11)13(10-1-2-10)17-7-5-15-6-8-17/h3-4,9-10,13,15H,1-2,5-8H2/t13-/m0/s1. The first-order valence-corrected chi connectivity index (χ1v) is 7.20. The van der Waals surface area contributed by atoms with Gasteiger partial charge in [-0.05, 0) is 46.8 Å². The number of hydrogen-bond donors (Lipinski definition) is 1. The summed E-state index contributed by atoms with van der Waals surface area (Å²) in [7, 11) is 0. The van der Waals surface area contributed by atoms with Gasteiger partial charge in [0.1, 0.15) is 0 Å². The summed E-state index contributed by atoms with van der Waals surface area (Å²) in [6.45, 7) is 4.53. The second-order valence-corrected chi connectivity index (χ2v) is 5.89. The predicted molar refractivity (Wildman–Crippen MR) is 71.8 cm³/mol. The second-order valence-electron chi connectivity index (χ2n) is 4.97. The van der Waals surface area contributed by atoms with Gasteiger partial charge in [0.2, 0.25) is 0 Å². The number of pyridine rings is 1. The number of nitrogens with zero attached hydrogens (tertiary/aromatic N) is 2. The highest BCUT2D eigenvalue weighted by Crippen LogP contribution is 2.44. The van der Waals surface area contributed by atoms with Crippen LogP contribution in [0, 0.1) is 5.92 Å². The van der Waals surface area contributed by atoms with Gasteiger partial charge in [0.15, 0.2) is 0 Å². The molecule has 92 valence electrons. The molecule has 3 nitrogen and oxygen atoms in total. The molecule has 3 rings (SSSR count). The minimum Gasteiger partial charge on any atom is -0.314 e. The van der Waals surface area contributed by atoms with Gasteiger partial charge in [-0.15, -0.1) is 0 Å². The Morgan fingerprint density at radius 3 is 2.65 bits per heavy atom. The van der Waals surface area contributed by atoms with Gasteiger partial charge in [0.05, 0.1) is 11.7 Å². The van der Waals surface area contributed by atoms with E-state index >= 15 is 0 Å². The van der Waals surface area contributed by atoms with Crippen LogP contribution in [0.5, 0.6) is 0 Å². The molecular weight excluding hydrogens is 278 g/mol. The normalized spacial score (nSPS) is 23.6. The van der Waals surface area contributed by atoms with Gasteiger partial charge in [-0.2, -0.15) is 0 Å². The third-order valence-electron chi connectivity index (χ3n) is 3.67.